The van der Waals surface area contributed by atoms with E-state index in [0.717, 1.165) is 12.2 Å². The van der Waals surface area contributed by atoms with Crippen molar-refractivity contribution < 1.29 is 0 Å². The van der Waals surface area contributed by atoms with Crippen LogP contribution in [0.15, 0.2) is 31.1 Å². The molecule has 0 saturated carbocycles. The van der Waals surface area contributed by atoms with Crippen molar-refractivity contribution in [3.63, 3.8) is 0 Å². The summed E-state index contributed by atoms with van der Waals surface area (Å²) in [6.07, 6.45) is 9.98. The number of aromatic amines is 1. The first-order chi connectivity index (χ1) is 6.33. The molecule has 5 heteroatoms. The second kappa shape index (κ2) is 7.15. The molecule has 78 valence electrons. The third kappa shape index (κ3) is 4.67. The Morgan fingerprint density at radius 2 is 2.21 bits per heavy atom. The average molecular weight is 215 g/mol. The molecule has 0 spiro atoms. The fraction of sp³-hybridized carbons (Fsp3) is 0.333. The molecule has 0 aliphatic rings. The Balaban J connectivity index is 0.000000227. The second-order valence-electron chi connectivity index (χ2n) is 2.62. The molecular weight excluding hydrogens is 200 g/mol. The lowest BCUT2D eigenvalue weighted by Gasteiger charge is -1.79. The number of H-pyrrole nitrogens is 1. The molecule has 0 aromatic carbocycles. The maximum absolute atomic E-state index is 3.98. The van der Waals surface area contributed by atoms with Crippen LogP contribution in [0.3, 0.4) is 0 Å². The number of halogens is 1. The fourth-order valence-electron chi connectivity index (χ4n) is 0.817. The van der Waals surface area contributed by atoms with E-state index in [9.17, 15) is 0 Å². The van der Waals surface area contributed by atoms with Crippen LogP contribution in [0, 0.1) is 0 Å². The van der Waals surface area contributed by atoms with Crippen LogP contribution in [0.4, 0.5) is 0 Å². The van der Waals surface area contributed by atoms with E-state index in [1.54, 1.807) is 18.7 Å². The molecule has 2 heterocycles. The average Bonchev–Trinajstić information content (AvgIpc) is 2.76. The highest BCUT2D eigenvalue weighted by Crippen LogP contribution is 1.85. The van der Waals surface area contributed by atoms with Gasteiger partial charge in [-0.2, -0.15) is 0 Å². The van der Waals surface area contributed by atoms with Crippen molar-refractivity contribution in [2.45, 2.75) is 13.3 Å². The number of nitrogens with zero attached hydrogens (tertiary/aromatic N) is 3. The summed E-state index contributed by atoms with van der Waals surface area (Å²) in [4.78, 5) is 10.7. The molecule has 0 aliphatic carbocycles. The summed E-state index contributed by atoms with van der Waals surface area (Å²) in [6, 6.07) is 0. The van der Waals surface area contributed by atoms with Crippen molar-refractivity contribution in [1.82, 2.24) is 19.5 Å². The minimum Gasteiger partial charge on any atom is -0.349 e. The Morgan fingerprint density at radius 3 is 2.43 bits per heavy atom. The number of nitrogens with one attached hydrogen (secondary N) is 1. The molecule has 2 rings (SSSR count). The van der Waals surface area contributed by atoms with E-state index in [0.29, 0.717) is 0 Å². The molecule has 0 aliphatic heterocycles. The predicted molar refractivity (Wildman–Crippen MR) is 58.4 cm³/mol. The third-order valence-electron chi connectivity index (χ3n) is 1.53. The Bertz CT molecular complexity index is 301. The van der Waals surface area contributed by atoms with Crippen molar-refractivity contribution in [3.8, 4) is 0 Å². The zero-order chi connectivity index (χ0) is 9.52. The highest BCUT2D eigenvalue weighted by atomic mass is 35.5. The second-order valence-corrected chi connectivity index (χ2v) is 2.62. The van der Waals surface area contributed by atoms with Gasteiger partial charge in [0.1, 0.15) is 5.82 Å². The van der Waals surface area contributed by atoms with Gasteiger partial charge in [-0.25, -0.2) is 9.97 Å². The van der Waals surface area contributed by atoms with Gasteiger partial charge in [-0.1, -0.05) is 6.92 Å². The molecule has 0 atom stereocenters. The molecule has 0 radical (unpaired) electrons. The van der Waals surface area contributed by atoms with Crippen molar-refractivity contribution >= 4 is 12.4 Å². The topological polar surface area (TPSA) is 46.5 Å². The van der Waals surface area contributed by atoms with Crippen LogP contribution in [0.1, 0.15) is 12.7 Å². The molecule has 1 N–H and O–H groups in total. The van der Waals surface area contributed by atoms with Gasteiger partial charge in [0.25, 0.3) is 0 Å². The molecule has 0 fully saturated rings. The van der Waals surface area contributed by atoms with Gasteiger partial charge in [0.15, 0.2) is 0 Å². The maximum Gasteiger partial charge on any atom is 0.105 e. The molecule has 0 bridgehead atoms. The Morgan fingerprint density at radius 1 is 1.43 bits per heavy atom. The fourth-order valence-corrected chi connectivity index (χ4v) is 0.817. The van der Waals surface area contributed by atoms with E-state index in [1.165, 1.54) is 0 Å². The summed E-state index contributed by atoms with van der Waals surface area (Å²) >= 11 is 0. The minimum absolute atomic E-state index is 0. The predicted octanol–water partition coefficient (Wildman–Crippen LogP) is 1.81. The van der Waals surface area contributed by atoms with E-state index in [1.807, 2.05) is 24.0 Å². The normalized spacial score (nSPS) is 8.43. The van der Waals surface area contributed by atoms with Crippen molar-refractivity contribution in [2.75, 3.05) is 0 Å². The number of aromatic nitrogens is 4. The highest BCUT2D eigenvalue weighted by Gasteiger charge is 1.82. The lowest BCUT2D eigenvalue weighted by Crippen LogP contribution is -1.78. The van der Waals surface area contributed by atoms with Gasteiger partial charge >= 0.3 is 0 Å². The quantitative estimate of drug-likeness (QED) is 0.787. The summed E-state index contributed by atoms with van der Waals surface area (Å²) in [6.45, 7) is 2.07. The number of rotatable bonds is 1. The SMILES string of the molecule is CCc1ncc[nH]1.Cl.Cn1ccnc1. The van der Waals surface area contributed by atoms with Crippen LogP contribution in [0.25, 0.3) is 0 Å². The zero-order valence-corrected chi connectivity index (χ0v) is 9.16. The van der Waals surface area contributed by atoms with Gasteiger partial charge in [0.05, 0.1) is 6.33 Å². The summed E-state index contributed by atoms with van der Waals surface area (Å²) in [5.41, 5.74) is 0. The highest BCUT2D eigenvalue weighted by molar-refractivity contribution is 5.85. The lowest BCUT2D eigenvalue weighted by atomic mass is 10.5. The van der Waals surface area contributed by atoms with Crippen molar-refractivity contribution in [3.05, 3.63) is 36.9 Å². The van der Waals surface area contributed by atoms with Gasteiger partial charge in [-0.3, -0.25) is 0 Å². The van der Waals surface area contributed by atoms with Crippen LogP contribution >= 0.6 is 12.4 Å². The van der Waals surface area contributed by atoms with Crippen molar-refractivity contribution in [1.29, 1.82) is 0 Å². The van der Waals surface area contributed by atoms with Gasteiger partial charge < -0.3 is 9.55 Å². The number of imidazole rings is 2. The van der Waals surface area contributed by atoms with Crippen LogP contribution < -0.4 is 0 Å². The van der Waals surface area contributed by atoms with Crippen LogP contribution in [0.5, 0.6) is 0 Å². The largest absolute Gasteiger partial charge is 0.349 e. The van der Waals surface area contributed by atoms with Gasteiger partial charge in [-0.05, 0) is 0 Å². The van der Waals surface area contributed by atoms with Crippen molar-refractivity contribution in [2.24, 2.45) is 7.05 Å². The monoisotopic (exact) mass is 214 g/mol. The standard InChI is InChI=1S/C5H8N2.C4H6N2.ClH/c1-2-5-6-3-4-7-5;1-6-3-2-5-4-6;/h3-4H,2H2,1H3,(H,6,7);2-4H,1H3;1H. The Kier molecular flexibility index (Phi) is 6.49. The number of aryl methyl sites for hydroxylation is 2. The van der Waals surface area contributed by atoms with Crippen LogP contribution in [0.2, 0.25) is 0 Å². The molecule has 2 aromatic heterocycles. The number of hydrogen-bond acceptors (Lipinski definition) is 2. The summed E-state index contributed by atoms with van der Waals surface area (Å²) < 4.78 is 1.89. The molecule has 0 saturated heterocycles. The smallest absolute Gasteiger partial charge is 0.105 e. The third-order valence-corrected chi connectivity index (χ3v) is 1.53. The first-order valence-corrected chi connectivity index (χ1v) is 4.23. The number of hydrogen-bond donors (Lipinski definition) is 1. The van der Waals surface area contributed by atoms with E-state index >= 15 is 0 Å². The summed E-state index contributed by atoms with van der Waals surface area (Å²) in [5, 5.41) is 0. The van der Waals surface area contributed by atoms with Crippen LogP contribution in [-0.2, 0) is 13.5 Å². The molecule has 14 heavy (non-hydrogen) atoms. The minimum atomic E-state index is 0. The van der Waals surface area contributed by atoms with E-state index in [2.05, 4.69) is 21.9 Å². The van der Waals surface area contributed by atoms with E-state index < -0.39 is 0 Å². The van der Waals surface area contributed by atoms with Crippen LogP contribution in [-0.4, -0.2) is 19.5 Å². The first-order valence-electron chi connectivity index (χ1n) is 4.23. The first kappa shape index (κ1) is 12.7. The molecule has 0 unspecified atom stereocenters. The Hall–Kier alpha value is -1.29. The zero-order valence-electron chi connectivity index (χ0n) is 8.34. The van der Waals surface area contributed by atoms with E-state index in [-0.39, 0.29) is 12.4 Å². The van der Waals surface area contributed by atoms with Gasteiger partial charge in [0, 0.05) is 38.3 Å². The summed E-state index contributed by atoms with van der Waals surface area (Å²) in [5.74, 6) is 1.06. The Labute approximate surface area is 89.8 Å². The lowest BCUT2D eigenvalue weighted by molar-refractivity contribution is 0.913. The summed E-state index contributed by atoms with van der Waals surface area (Å²) in [7, 11) is 1.94. The molecule has 0 amide bonds. The van der Waals surface area contributed by atoms with Gasteiger partial charge in [-0.15, -0.1) is 12.4 Å². The molecular formula is C9H15ClN4. The maximum atomic E-state index is 3.98. The molecule has 2 aromatic rings. The van der Waals surface area contributed by atoms with Gasteiger partial charge in [0.2, 0.25) is 0 Å². The van der Waals surface area contributed by atoms with E-state index in [4.69, 9.17) is 0 Å². The molecule has 4 nitrogen and oxygen atoms in total.